The SMILES string of the molecule is Cc1cc(C(=O)N2CCC(C)CC2)nc(Nc2ccc(F)c(Cl)c2)n1. The molecule has 0 spiro atoms. The van der Waals surface area contributed by atoms with Crippen molar-refractivity contribution < 1.29 is 9.18 Å². The van der Waals surface area contributed by atoms with E-state index in [1.807, 2.05) is 4.90 Å². The maximum Gasteiger partial charge on any atom is 0.272 e. The summed E-state index contributed by atoms with van der Waals surface area (Å²) in [5.74, 6) is 0.359. The molecular formula is C18H20ClFN4O. The molecule has 0 unspecified atom stereocenters. The van der Waals surface area contributed by atoms with Gasteiger partial charge in [0.15, 0.2) is 0 Å². The lowest BCUT2D eigenvalue weighted by Crippen LogP contribution is -2.38. The summed E-state index contributed by atoms with van der Waals surface area (Å²) in [6, 6.07) is 5.95. The number of piperidine rings is 1. The number of aromatic nitrogens is 2. The molecule has 2 aromatic rings. The molecule has 0 atom stereocenters. The lowest BCUT2D eigenvalue weighted by atomic mass is 9.99. The second-order valence-electron chi connectivity index (χ2n) is 6.45. The van der Waals surface area contributed by atoms with E-state index in [1.165, 1.54) is 12.1 Å². The van der Waals surface area contributed by atoms with E-state index in [2.05, 4.69) is 22.2 Å². The van der Waals surface area contributed by atoms with E-state index in [9.17, 15) is 9.18 Å². The van der Waals surface area contributed by atoms with Crippen molar-refractivity contribution in [2.75, 3.05) is 18.4 Å². The number of benzene rings is 1. The summed E-state index contributed by atoms with van der Waals surface area (Å²) < 4.78 is 13.3. The highest BCUT2D eigenvalue weighted by atomic mass is 35.5. The maximum absolute atomic E-state index is 13.3. The molecule has 0 bridgehead atoms. The lowest BCUT2D eigenvalue weighted by Gasteiger charge is -2.30. The average Bonchev–Trinajstić information content (AvgIpc) is 2.58. The van der Waals surface area contributed by atoms with Gasteiger partial charge in [0, 0.05) is 24.5 Å². The fourth-order valence-electron chi connectivity index (χ4n) is 2.81. The topological polar surface area (TPSA) is 58.1 Å². The monoisotopic (exact) mass is 362 g/mol. The van der Waals surface area contributed by atoms with Gasteiger partial charge in [-0.2, -0.15) is 0 Å². The van der Waals surface area contributed by atoms with Crippen LogP contribution < -0.4 is 5.32 Å². The predicted octanol–water partition coefficient (Wildman–Crippen LogP) is 4.19. The minimum Gasteiger partial charge on any atom is -0.337 e. The number of hydrogen-bond donors (Lipinski definition) is 1. The number of carbonyl (C=O) groups excluding carboxylic acids is 1. The van der Waals surface area contributed by atoms with Crippen LogP contribution in [0, 0.1) is 18.7 Å². The van der Waals surface area contributed by atoms with E-state index < -0.39 is 5.82 Å². The summed E-state index contributed by atoms with van der Waals surface area (Å²) >= 11 is 5.79. The Balaban J connectivity index is 1.80. The van der Waals surface area contributed by atoms with E-state index in [0.29, 0.717) is 23.0 Å². The minimum atomic E-state index is -0.493. The second-order valence-corrected chi connectivity index (χ2v) is 6.85. The van der Waals surface area contributed by atoms with Crippen LogP contribution >= 0.6 is 11.6 Å². The summed E-state index contributed by atoms with van der Waals surface area (Å²) in [4.78, 5) is 23.1. The Labute approximate surface area is 151 Å². The van der Waals surface area contributed by atoms with Gasteiger partial charge < -0.3 is 10.2 Å². The smallest absolute Gasteiger partial charge is 0.272 e. The molecule has 0 radical (unpaired) electrons. The van der Waals surface area contributed by atoms with Gasteiger partial charge in [0.05, 0.1) is 5.02 Å². The Bertz CT molecular complexity index is 791. The molecule has 1 saturated heterocycles. The van der Waals surface area contributed by atoms with Crippen LogP contribution in [0.25, 0.3) is 0 Å². The highest BCUT2D eigenvalue weighted by molar-refractivity contribution is 6.31. The third kappa shape index (κ3) is 4.25. The number of nitrogens with zero attached hydrogens (tertiary/aromatic N) is 3. The van der Waals surface area contributed by atoms with Crippen molar-refractivity contribution in [3.63, 3.8) is 0 Å². The van der Waals surface area contributed by atoms with Crippen molar-refractivity contribution in [3.05, 3.63) is 46.5 Å². The number of rotatable bonds is 3. The zero-order valence-electron chi connectivity index (χ0n) is 14.2. The fraction of sp³-hybridized carbons (Fsp3) is 0.389. The van der Waals surface area contributed by atoms with Gasteiger partial charge in [-0.3, -0.25) is 4.79 Å². The van der Waals surface area contributed by atoms with Gasteiger partial charge in [-0.15, -0.1) is 0 Å². The summed E-state index contributed by atoms with van der Waals surface area (Å²) in [6.45, 7) is 5.50. The highest BCUT2D eigenvalue weighted by Gasteiger charge is 2.23. The first-order valence-electron chi connectivity index (χ1n) is 8.29. The quantitative estimate of drug-likeness (QED) is 0.889. The Hall–Kier alpha value is -2.21. The van der Waals surface area contributed by atoms with Gasteiger partial charge >= 0.3 is 0 Å². The van der Waals surface area contributed by atoms with Gasteiger partial charge in [-0.1, -0.05) is 18.5 Å². The molecule has 3 rings (SSSR count). The molecule has 7 heteroatoms. The molecule has 1 amide bonds. The zero-order valence-corrected chi connectivity index (χ0v) is 15.0. The van der Waals surface area contributed by atoms with Crippen LogP contribution in [0.2, 0.25) is 5.02 Å². The first-order valence-corrected chi connectivity index (χ1v) is 8.67. The Morgan fingerprint density at radius 3 is 2.68 bits per heavy atom. The van der Waals surface area contributed by atoms with Crippen LogP contribution in [-0.4, -0.2) is 33.9 Å². The van der Waals surface area contributed by atoms with Crippen molar-refractivity contribution >= 4 is 29.1 Å². The number of hydrogen-bond acceptors (Lipinski definition) is 4. The number of likely N-dealkylation sites (tertiary alicyclic amines) is 1. The van der Waals surface area contributed by atoms with E-state index in [1.54, 1.807) is 19.1 Å². The molecule has 1 aromatic carbocycles. The molecule has 0 saturated carbocycles. The standard InChI is InChI=1S/C18H20ClFN4O/c1-11-5-7-24(8-6-11)17(25)16-9-12(2)21-18(23-16)22-13-3-4-15(20)14(19)10-13/h3-4,9-11H,5-8H2,1-2H3,(H,21,22,23). The van der Waals surface area contributed by atoms with Crippen LogP contribution in [0.4, 0.5) is 16.0 Å². The number of aryl methyl sites for hydroxylation is 1. The van der Waals surface area contributed by atoms with E-state index >= 15 is 0 Å². The summed E-state index contributed by atoms with van der Waals surface area (Å²) in [6.07, 6.45) is 2.02. The molecule has 1 aliphatic heterocycles. The molecule has 1 aliphatic rings. The van der Waals surface area contributed by atoms with Crippen LogP contribution in [0.5, 0.6) is 0 Å². The molecule has 2 heterocycles. The first kappa shape index (κ1) is 17.6. The zero-order chi connectivity index (χ0) is 18.0. The minimum absolute atomic E-state index is 0.0105. The number of anilines is 2. The second kappa shape index (κ2) is 7.35. The first-order chi connectivity index (χ1) is 11.9. The van der Waals surface area contributed by atoms with Crippen molar-refractivity contribution in [3.8, 4) is 0 Å². The number of halogens is 2. The van der Waals surface area contributed by atoms with Crippen molar-refractivity contribution in [2.24, 2.45) is 5.92 Å². The molecule has 132 valence electrons. The van der Waals surface area contributed by atoms with Crippen LogP contribution in [0.15, 0.2) is 24.3 Å². The lowest BCUT2D eigenvalue weighted by molar-refractivity contribution is 0.0691. The largest absolute Gasteiger partial charge is 0.337 e. The number of carbonyl (C=O) groups is 1. The van der Waals surface area contributed by atoms with Gasteiger partial charge in [-0.05, 0) is 49.9 Å². The normalized spacial score (nSPS) is 15.3. The summed E-state index contributed by atoms with van der Waals surface area (Å²) in [5, 5.41) is 2.98. The molecule has 1 aromatic heterocycles. The third-order valence-corrected chi connectivity index (χ3v) is 4.61. The summed E-state index contributed by atoms with van der Waals surface area (Å²) in [5.41, 5.74) is 1.60. The molecular weight excluding hydrogens is 343 g/mol. The van der Waals surface area contributed by atoms with Gasteiger partial charge in [0.1, 0.15) is 11.5 Å². The average molecular weight is 363 g/mol. The Morgan fingerprint density at radius 2 is 2.00 bits per heavy atom. The summed E-state index contributed by atoms with van der Waals surface area (Å²) in [7, 11) is 0. The van der Waals surface area contributed by atoms with Crippen molar-refractivity contribution in [2.45, 2.75) is 26.7 Å². The molecule has 1 fully saturated rings. The number of amides is 1. The molecule has 0 aliphatic carbocycles. The third-order valence-electron chi connectivity index (χ3n) is 4.32. The molecule has 25 heavy (non-hydrogen) atoms. The predicted molar refractivity (Wildman–Crippen MR) is 95.8 cm³/mol. The van der Waals surface area contributed by atoms with Crippen molar-refractivity contribution in [1.82, 2.24) is 14.9 Å². The van der Waals surface area contributed by atoms with Gasteiger partial charge in [0.2, 0.25) is 5.95 Å². The van der Waals surface area contributed by atoms with Crippen molar-refractivity contribution in [1.29, 1.82) is 0 Å². The number of nitrogens with one attached hydrogen (secondary N) is 1. The van der Waals surface area contributed by atoms with Crippen LogP contribution in [0.3, 0.4) is 0 Å². The van der Waals surface area contributed by atoms with Gasteiger partial charge in [-0.25, -0.2) is 14.4 Å². The highest BCUT2D eigenvalue weighted by Crippen LogP contribution is 2.22. The van der Waals surface area contributed by atoms with E-state index in [-0.39, 0.29) is 16.9 Å². The van der Waals surface area contributed by atoms with E-state index in [4.69, 9.17) is 11.6 Å². The Kier molecular flexibility index (Phi) is 5.18. The fourth-order valence-corrected chi connectivity index (χ4v) is 2.99. The van der Waals surface area contributed by atoms with Crippen LogP contribution in [-0.2, 0) is 0 Å². The Morgan fingerprint density at radius 1 is 1.28 bits per heavy atom. The maximum atomic E-state index is 13.3. The molecule has 1 N–H and O–H groups in total. The van der Waals surface area contributed by atoms with Crippen LogP contribution in [0.1, 0.15) is 35.9 Å². The van der Waals surface area contributed by atoms with Gasteiger partial charge in [0.25, 0.3) is 5.91 Å². The van der Waals surface area contributed by atoms with E-state index in [0.717, 1.165) is 25.9 Å². The molecule has 5 nitrogen and oxygen atoms in total.